The van der Waals surface area contributed by atoms with E-state index in [9.17, 15) is 13.6 Å². The molecule has 0 aliphatic rings. The highest BCUT2D eigenvalue weighted by atomic mass is 79.9. The second-order valence-corrected chi connectivity index (χ2v) is 6.82. The lowest BCUT2D eigenvalue weighted by atomic mass is 10.2. The van der Waals surface area contributed by atoms with Gasteiger partial charge in [0, 0.05) is 10.2 Å². The Morgan fingerprint density at radius 1 is 1.10 bits per heavy atom. The van der Waals surface area contributed by atoms with Crippen molar-refractivity contribution in [2.75, 3.05) is 10.6 Å². The first-order chi connectivity index (χ1) is 14.4. The van der Waals surface area contributed by atoms with Gasteiger partial charge < -0.3 is 10.6 Å². The van der Waals surface area contributed by atoms with Crippen molar-refractivity contribution in [2.45, 2.75) is 13.0 Å². The summed E-state index contributed by atoms with van der Waals surface area (Å²) in [6, 6.07) is 12.2. The van der Waals surface area contributed by atoms with Crippen LogP contribution in [0.5, 0.6) is 0 Å². The van der Waals surface area contributed by atoms with E-state index in [4.69, 9.17) is 10.5 Å². The molecule has 0 atom stereocenters. The standard InChI is InChI=1S/C19H12BrF2N7O/c20-12-8-14(21)16(15(22)9-12)26-19-27-17(18(30)29(28-19)7-1-6-23)25-13-4-2-11(10-24)3-5-13/h2-5,8-9H,1,7H2,(H2,25,26,27,28). The number of nitrogens with zero attached hydrogens (tertiary/aromatic N) is 5. The van der Waals surface area contributed by atoms with Crippen LogP contribution in [0.3, 0.4) is 0 Å². The molecule has 30 heavy (non-hydrogen) atoms. The highest BCUT2D eigenvalue weighted by molar-refractivity contribution is 9.10. The second kappa shape index (κ2) is 9.11. The fourth-order valence-electron chi connectivity index (χ4n) is 2.44. The van der Waals surface area contributed by atoms with Crippen LogP contribution in [0, 0.1) is 34.3 Å². The van der Waals surface area contributed by atoms with Crippen molar-refractivity contribution in [3.63, 3.8) is 0 Å². The summed E-state index contributed by atoms with van der Waals surface area (Å²) in [7, 11) is 0. The maximum absolute atomic E-state index is 14.2. The zero-order valence-corrected chi connectivity index (χ0v) is 16.7. The fraction of sp³-hybridized carbons (Fsp3) is 0.105. The summed E-state index contributed by atoms with van der Waals surface area (Å²) in [5.74, 6) is -2.19. The van der Waals surface area contributed by atoms with Gasteiger partial charge in [0.05, 0.1) is 30.7 Å². The number of benzene rings is 2. The first-order valence-corrected chi connectivity index (χ1v) is 9.25. The van der Waals surface area contributed by atoms with Gasteiger partial charge in [-0.2, -0.15) is 15.5 Å². The Morgan fingerprint density at radius 3 is 2.37 bits per heavy atom. The number of nitriles is 2. The molecular formula is C19H12BrF2N7O. The van der Waals surface area contributed by atoms with E-state index in [1.807, 2.05) is 12.1 Å². The van der Waals surface area contributed by atoms with Crippen LogP contribution < -0.4 is 16.2 Å². The third kappa shape index (κ3) is 4.77. The van der Waals surface area contributed by atoms with Crippen LogP contribution in [0.25, 0.3) is 0 Å². The number of aromatic nitrogens is 3. The number of halogens is 3. The number of nitrogens with one attached hydrogen (secondary N) is 2. The normalized spacial score (nSPS) is 10.2. The van der Waals surface area contributed by atoms with Crippen LogP contribution in [0.15, 0.2) is 45.7 Å². The number of hydrogen-bond donors (Lipinski definition) is 2. The summed E-state index contributed by atoms with van der Waals surface area (Å²) >= 11 is 3.00. The molecule has 0 spiro atoms. The average molecular weight is 472 g/mol. The predicted octanol–water partition coefficient (Wildman–Crippen LogP) is 3.95. The highest BCUT2D eigenvalue weighted by Crippen LogP contribution is 2.26. The Kier molecular flexibility index (Phi) is 6.35. The summed E-state index contributed by atoms with van der Waals surface area (Å²) in [4.78, 5) is 16.6. The van der Waals surface area contributed by atoms with Crippen molar-refractivity contribution < 1.29 is 8.78 Å². The maximum atomic E-state index is 14.2. The average Bonchev–Trinajstić information content (AvgIpc) is 2.72. The van der Waals surface area contributed by atoms with Crippen molar-refractivity contribution in [1.29, 1.82) is 10.5 Å². The molecule has 0 aliphatic heterocycles. The van der Waals surface area contributed by atoms with Crippen molar-refractivity contribution >= 4 is 39.1 Å². The molecule has 0 saturated heterocycles. The van der Waals surface area contributed by atoms with Crippen LogP contribution >= 0.6 is 15.9 Å². The fourth-order valence-corrected chi connectivity index (χ4v) is 2.84. The zero-order chi connectivity index (χ0) is 21.7. The summed E-state index contributed by atoms with van der Waals surface area (Å²) in [6.07, 6.45) is -0.00628. The van der Waals surface area contributed by atoms with Crippen molar-refractivity contribution in [3.8, 4) is 12.1 Å². The van der Waals surface area contributed by atoms with E-state index in [-0.39, 0.29) is 29.2 Å². The topological polar surface area (TPSA) is 119 Å². The van der Waals surface area contributed by atoms with E-state index < -0.39 is 22.9 Å². The third-order valence-corrected chi connectivity index (χ3v) is 4.28. The van der Waals surface area contributed by atoms with Gasteiger partial charge in [-0.15, -0.1) is 5.10 Å². The second-order valence-electron chi connectivity index (χ2n) is 5.90. The van der Waals surface area contributed by atoms with Gasteiger partial charge in [0.1, 0.15) is 5.69 Å². The number of hydrogen-bond acceptors (Lipinski definition) is 7. The Balaban J connectivity index is 2.01. The van der Waals surface area contributed by atoms with Gasteiger partial charge in [0.15, 0.2) is 11.6 Å². The molecule has 3 aromatic rings. The molecule has 150 valence electrons. The van der Waals surface area contributed by atoms with Crippen LogP contribution in [-0.4, -0.2) is 14.8 Å². The Labute approximate surface area is 177 Å². The predicted molar refractivity (Wildman–Crippen MR) is 108 cm³/mol. The molecule has 11 heteroatoms. The number of rotatable bonds is 6. The molecule has 0 amide bonds. The zero-order valence-electron chi connectivity index (χ0n) is 15.2. The SMILES string of the molecule is N#CCCn1nc(Nc2c(F)cc(Br)cc2F)nc(Nc2ccc(C#N)cc2)c1=O. The minimum absolute atomic E-state index is 0.00628. The molecule has 0 fully saturated rings. The maximum Gasteiger partial charge on any atom is 0.309 e. The molecule has 0 aliphatic carbocycles. The van der Waals surface area contributed by atoms with E-state index in [1.54, 1.807) is 24.3 Å². The van der Waals surface area contributed by atoms with E-state index in [1.165, 1.54) is 0 Å². The molecule has 2 aromatic carbocycles. The van der Waals surface area contributed by atoms with Gasteiger partial charge in [-0.05, 0) is 36.4 Å². The lowest BCUT2D eigenvalue weighted by Gasteiger charge is -2.12. The molecule has 0 saturated carbocycles. The van der Waals surface area contributed by atoms with E-state index >= 15 is 0 Å². The lowest BCUT2D eigenvalue weighted by molar-refractivity contribution is 0.578. The summed E-state index contributed by atoms with van der Waals surface area (Å²) in [5, 5.41) is 26.9. The van der Waals surface area contributed by atoms with Crippen LogP contribution in [-0.2, 0) is 6.54 Å². The smallest absolute Gasteiger partial charge is 0.309 e. The first-order valence-electron chi connectivity index (χ1n) is 8.46. The van der Waals surface area contributed by atoms with Gasteiger partial charge in [-0.1, -0.05) is 15.9 Å². The van der Waals surface area contributed by atoms with Gasteiger partial charge in [0.2, 0.25) is 11.8 Å². The number of aryl methyl sites for hydroxylation is 1. The summed E-state index contributed by atoms with van der Waals surface area (Å²) in [5.41, 5.74) is -0.230. The van der Waals surface area contributed by atoms with E-state index in [2.05, 4.69) is 36.6 Å². The van der Waals surface area contributed by atoms with Crippen LogP contribution in [0.1, 0.15) is 12.0 Å². The molecular weight excluding hydrogens is 460 g/mol. The first kappa shape index (κ1) is 20.9. The largest absolute Gasteiger partial charge is 0.335 e. The van der Waals surface area contributed by atoms with Crippen LogP contribution in [0.2, 0.25) is 0 Å². The lowest BCUT2D eigenvalue weighted by Crippen LogP contribution is -2.27. The van der Waals surface area contributed by atoms with E-state index in [0.29, 0.717) is 11.3 Å². The molecule has 0 radical (unpaired) electrons. The van der Waals surface area contributed by atoms with E-state index in [0.717, 1.165) is 16.8 Å². The quantitative estimate of drug-likeness (QED) is 0.558. The van der Waals surface area contributed by atoms with Gasteiger partial charge in [-0.3, -0.25) is 4.79 Å². The molecule has 8 nitrogen and oxygen atoms in total. The molecule has 0 bridgehead atoms. The molecule has 1 heterocycles. The third-order valence-electron chi connectivity index (χ3n) is 3.83. The Bertz CT molecular complexity index is 1210. The molecule has 3 rings (SSSR count). The van der Waals surface area contributed by atoms with Crippen LogP contribution in [0.4, 0.5) is 31.9 Å². The molecule has 0 unspecified atom stereocenters. The van der Waals surface area contributed by atoms with Gasteiger partial charge in [-0.25, -0.2) is 13.5 Å². The highest BCUT2D eigenvalue weighted by Gasteiger charge is 2.16. The number of anilines is 4. The minimum Gasteiger partial charge on any atom is -0.335 e. The van der Waals surface area contributed by atoms with Crippen molar-refractivity contribution in [1.82, 2.24) is 14.8 Å². The van der Waals surface area contributed by atoms with Crippen molar-refractivity contribution in [2.24, 2.45) is 0 Å². The minimum atomic E-state index is -0.887. The monoisotopic (exact) mass is 471 g/mol. The van der Waals surface area contributed by atoms with Crippen molar-refractivity contribution in [3.05, 3.63) is 68.4 Å². The molecule has 2 N–H and O–H groups in total. The van der Waals surface area contributed by atoms with Gasteiger partial charge >= 0.3 is 5.56 Å². The summed E-state index contributed by atoms with van der Waals surface area (Å²) < 4.78 is 29.5. The Morgan fingerprint density at radius 2 is 1.77 bits per heavy atom. The Hall–Kier alpha value is -3.83. The summed E-state index contributed by atoms with van der Waals surface area (Å²) in [6.45, 7) is -0.0418. The molecule has 1 aromatic heterocycles. The van der Waals surface area contributed by atoms with Gasteiger partial charge in [0.25, 0.3) is 0 Å².